The van der Waals surface area contributed by atoms with E-state index >= 15 is 0 Å². The van der Waals surface area contributed by atoms with Crippen molar-refractivity contribution in [3.63, 3.8) is 0 Å². The summed E-state index contributed by atoms with van der Waals surface area (Å²) in [5.74, 6) is 0.245. The fourth-order valence-electron chi connectivity index (χ4n) is 1.59. The highest BCUT2D eigenvalue weighted by Gasteiger charge is 2.22. The van der Waals surface area contributed by atoms with Crippen LogP contribution in [0.2, 0.25) is 0 Å². The Hall–Kier alpha value is -0.940. The van der Waals surface area contributed by atoms with Crippen LogP contribution in [-0.4, -0.2) is 24.3 Å². The highest BCUT2D eigenvalue weighted by Crippen LogP contribution is 2.19. The minimum atomic E-state index is -2.94. The molecule has 0 aliphatic carbocycles. The van der Waals surface area contributed by atoms with E-state index in [1.54, 1.807) is 12.3 Å². The van der Waals surface area contributed by atoms with Crippen molar-refractivity contribution in [1.29, 1.82) is 0 Å². The highest BCUT2D eigenvalue weighted by molar-refractivity contribution is 7.90. The van der Waals surface area contributed by atoms with Crippen molar-refractivity contribution < 1.29 is 13.5 Å². The summed E-state index contributed by atoms with van der Waals surface area (Å²) in [5, 5.41) is 8.88. The van der Waals surface area contributed by atoms with Crippen molar-refractivity contribution in [2.24, 2.45) is 0 Å². The first-order chi connectivity index (χ1) is 6.61. The lowest BCUT2D eigenvalue weighted by Gasteiger charge is -2.15. The molecule has 0 amide bonds. The van der Waals surface area contributed by atoms with Gasteiger partial charge in [-0.3, -0.25) is 4.98 Å². The van der Waals surface area contributed by atoms with Gasteiger partial charge in [-0.15, -0.1) is 0 Å². The van der Waals surface area contributed by atoms with Gasteiger partial charge in [-0.1, -0.05) is 0 Å². The number of aliphatic hydroxyl groups is 1. The van der Waals surface area contributed by atoms with Crippen molar-refractivity contribution in [3.05, 3.63) is 29.1 Å². The molecule has 0 fully saturated rings. The van der Waals surface area contributed by atoms with E-state index in [2.05, 4.69) is 4.98 Å². The summed E-state index contributed by atoms with van der Waals surface area (Å²) in [7, 11) is -2.94. The summed E-state index contributed by atoms with van der Waals surface area (Å²) >= 11 is 0. The van der Waals surface area contributed by atoms with E-state index in [0.29, 0.717) is 12.0 Å². The molecule has 1 aliphatic rings. The van der Waals surface area contributed by atoms with Gasteiger partial charge in [-0.2, -0.15) is 0 Å². The van der Waals surface area contributed by atoms with E-state index in [1.165, 1.54) is 0 Å². The minimum absolute atomic E-state index is 0.0587. The van der Waals surface area contributed by atoms with Gasteiger partial charge in [0.2, 0.25) is 0 Å². The molecule has 0 aromatic carbocycles. The molecule has 1 aromatic heterocycles. The molecule has 0 saturated heterocycles. The smallest absolute Gasteiger partial charge is 0.154 e. The first kappa shape index (κ1) is 9.61. The Bertz CT molecular complexity index is 453. The van der Waals surface area contributed by atoms with Gasteiger partial charge in [-0.05, 0) is 17.2 Å². The second-order valence-electron chi connectivity index (χ2n) is 3.45. The van der Waals surface area contributed by atoms with E-state index in [-0.39, 0.29) is 18.1 Å². The molecule has 14 heavy (non-hydrogen) atoms. The van der Waals surface area contributed by atoms with Crippen molar-refractivity contribution in [2.45, 2.75) is 18.8 Å². The predicted molar refractivity (Wildman–Crippen MR) is 51.4 cm³/mol. The number of aliphatic hydroxyl groups excluding tert-OH is 1. The van der Waals surface area contributed by atoms with Crippen LogP contribution in [0.5, 0.6) is 0 Å². The van der Waals surface area contributed by atoms with Crippen LogP contribution in [0.4, 0.5) is 0 Å². The number of hydrogen-bond donors (Lipinski definition) is 1. The van der Waals surface area contributed by atoms with Crippen LogP contribution >= 0.6 is 0 Å². The quantitative estimate of drug-likeness (QED) is 0.715. The lowest BCUT2D eigenvalue weighted by atomic mass is 10.1. The number of aryl methyl sites for hydroxylation is 1. The van der Waals surface area contributed by atoms with E-state index in [9.17, 15) is 8.42 Å². The maximum atomic E-state index is 11.3. The molecular weight excluding hydrogens is 202 g/mol. The topological polar surface area (TPSA) is 67.3 Å². The van der Waals surface area contributed by atoms with Crippen molar-refractivity contribution in [1.82, 2.24) is 4.98 Å². The zero-order chi connectivity index (χ0) is 10.2. The first-order valence-electron chi connectivity index (χ1n) is 4.39. The summed E-state index contributed by atoms with van der Waals surface area (Å²) in [4.78, 5) is 4.13. The maximum Gasteiger partial charge on any atom is 0.154 e. The lowest BCUT2D eigenvalue weighted by molar-refractivity contribution is 0.281. The average molecular weight is 213 g/mol. The number of nitrogens with zero attached hydrogens (tertiary/aromatic N) is 1. The van der Waals surface area contributed by atoms with Crippen LogP contribution in [0, 0.1) is 0 Å². The Morgan fingerprint density at radius 1 is 1.50 bits per heavy atom. The molecule has 0 saturated carbocycles. The van der Waals surface area contributed by atoms with E-state index in [0.717, 1.165) is 11.3 Å². The minimum Gasteiger partial charge on any atom is -0.392 e. The second-order valence-corrected chi connectivity index (χ2v) is 5.63. The van der Waals surface area contributed by atoms with Crippen LogP contribution in [0.1, 0.15) is 16.8 Å². The predicted octanol–water partition coefficient (Wildman–Crippen LogP) is 0.0448. The SMILES string of the molecule is O=S1(=O)CCc2ncc(CO)cc2C1. The summed E-state index contributed by atoms with van der Waals surface area (Å²) in [5.41, 5.74) is 2.25. The number of hydrogen-bond acceptors (Lipinski definition) is 4. The number of aromatic nitrogens is 1. The van der Waals surface area contributed by atoms with Gasteiger partial charge < -0.3 is 5.11 Å². The Balaban J connectivity index is 2.44. The zero-order valence-electron chi connectivity index (χ0n) is 7.60. The molecule has 2 rings (SSSR count). The van der Waals surface area contributed by atoms with Gasteiger partial charge in [-0.25, -0.2) is 8.42 Å². The van der Waals surface area contributed by atoms with Gasteiger partial charge in [0.15, 0.2) is 9.84 Å². The molecule has 0 unspecified atom stereocenters. The Morgan fingerprint density at radius 2 is 2.29 bits per heavy atom. The van der Waals surface area contributed by atoms with Crippen molar-refractivity contribution >= 4 is 9.84 Å². The number of rotatable bonds is 1. The van der Waals surface area contributed by atoms with Crippen LogP contribution in [0.25, 0.3) is 0 Å². The van der Waals surface area contributed by atoms with Gasteiger partial charge >= 0.3 is 0 Å². The summed E-state index contributed by atoms with van der Waals surface area (Å²) in [6, 6.07) is 1.72. The molecule has 0 radical (unpaired) electrons. The van der Waals surface area contributed by atoms with Gasteiger partial charge in [0, 0.05) is 18.3 Å². The largest absolute Gasteiger partial charge is 0.392 e. The van der Waals surface area contributed by atoms with Crippen LogP contribution in [-0.2, 0) is 28.6 Å². The molecular formula is C9H11NO3S. The molecule has 0 bridgehead atoms. The molecule has 1 aromatic rings. The van der Waals surface area contributed by atoms with Gasteiger partial charge in [0.1, 0.15) is 0 Å². The monoisotopic (exact) mass is 213 g/mol. The molecule has 4 nitrogen and oxygen atoms in total. The van der Waals surface area contributed by atoms with Gasteiger partial charge in [0.25, 0.3) is 0 Å². The normalized spacial score (nSPS) is 18.9. The van der Waals surface area contributed by atoms with Crippen molar-refractivity contribution in [3.8, 4) is 0 Å². The fourth-order valence-corrected chi connectivity index (χ4v) is 2.96. The Morgan fingerprint density at radius 3 is 3.00 bits per heavy atom. The molecule has 1 aliphatic heterocycles. The van der Waals surface area contributed by atoms with E-state index in [1.807, 2.05) is 0 Å². The number of sulfone groups is 1. The Labute approximate surface area is 82.5 Å². The summed E-state index contributed by atoms with van der Waals surface area (Å²) in [6.07, 6.45) is 2.08. The number of fused-ring (bicyclic) bond motifs is 1. The van der Waals surface area contributed by atoms with E-state index < -0.39 is 9.84 Å². The van der Waals surface area contributed by atoms with E-state index in [4.69, 9.17) is 5.11 Å². The fraction of sp³-hybridized carbons (Fsp3) is 0.444. The van der Waals surface area contributed by atoms with Gasteiger partial charge in [0.05, 0.1) is 18.1 Å². The molecule has 0 atom stereocenters. The highest BCUT2D eigenvalue weighted by atomic mass is 32.2. The third-order valence-electron chi connectivity index (χ3n) is 2.32. The standard InChI is InChI=1S/C9H11NO3S/c11-5-7-3-8-6-14(12,13)2-1-9(8)10-4-7/h3-4,11H,1-2,5-6H2. The average Bonchev–Trinajstić information content (AvgIpc) is 2.15. The maximum absolute atomic E-state index is 11.3. The summed E-state index contributed by atoms with van der Waals surface area (Å²) in [6.45, 7) is -0.0969. The lowest BCUT2D eigenvalue weighted by Crippen LogP contribution is -2.20. The molecule has 2 heterocycles. The first-order valence-corrected chi connectivity index (χ1v) is 6.21. The molecule has 0 spiro atoms. The second kappa shape index (κ2) is 3.33. The molecule has 5 heteroatoms. The Kier molecular flexibility index (Phi) is 2.28. The van der Waals surface area contributed by atoms with Crippen LogP contribution < -0.4 is 0 Å². The van der Waals surface area contributed by atoms with Crippen LogP contribution in [0.15, 0.2) is 12.3 Å². The van der Waals surface area contributed by atoms with Crippen molar-refractivity contribution in [2.75, 3.05) is 5.75 Å². The van der Waals surface area contributed by atoms with Crippen LogP contribution in [0.3, 0.4) is 0 Å². The molecule has 1 N–H and O–H groups in total. The summed E-state index contributed by atoms with van der Waals surface area (Å²) < 4.78 is 22.6. The molecule has 76 valence electrons. The number of pyridine rings is 1. The zero-order valence-corrected chi connectivity index (χ0v) is 8.42. The third kappa shape index (κ3) is 1.78. The third-order valence-corrected chi connectivity index (χ3v) is 3.90.